The fourth-order valence-corrected chi connectivity index (χ4v) is 4.91. The largest absolute Gasteiger partial charge is 0.422 e. The number of hydrogen-bond acceptors (Lipinski definition) is 7. The van der Waals surface area contributed by atoms with E-state index in [-0.39, 0.29) is 17.5 Å². The van der Waals surface area contributed by atoms with Crippen molar-refractivity contribution in [2.24, 2.45) is 0 Å². The number of fused-ring (bicyclic) bond motifs is 2. The first-order valence-electron chi connectivity index (χ1n) is 10.7. The van der Waals surface area contributed by atoms with E-state index in [1.54, 1.807) is 6.07 Å². The summed E-state index contributed by atoms with van der Waals surface area (Å²) in [6, 6.07) is 7.46. The zero-order valence-corrected chi connectivity index (χ0v) is 18.8. The van der Waals surface area contributed by atoms with E-state index in [9.17, 15) is 4.79 Å². The van der Waals surface area contributed by atoms with Crippen molar-refractivity contribution in [3.8, 4) is 11.6 Å². The van der Waals surface area contributed by atoms with Gasteiger partial charge in [0.05, 0.1) is 11.9 Å². The van der Waals surface area contributed by atoms with Crippen LogP contribution in [0.2, 0.25) is 5.15 Å². The molecule has 1 aliphatic heterocycles. The zero-order chi connectivity index (χ0) is 22.7. The third-order valence-electron chi connectivity index (χ3n) is 6.14. The minimum absolute atomic E-state index is 0.0239. The van der Waals surface area contributed by atoms with E-state index < -0.39 is 0 Å². The molecule has 6 rings (SSSR count). The fraction of sp³-hybridized carbons (Fsp3) is 0.261. The smallest absolute Gasteiger partial charge is 0.268 e. The lowest BCUT2D eigenvalue weighted by atomic mass is 9.95. The zero-order valence-electron chi connectivity index (χ0n) is 18.0. The second kappa shape index (κ2) is 7.41. The van der Waals surface area contributed by atoms with Crippen molar-refractivity contribution in [3.63, 3.8) is 0 Å². The summed E-state index contributed by atoms with van der Waals surface area (Å²) in [5.74, 6) is 0.273. The van der Waals surface area contributed by atoms with E-state index in [0.717, 1.165) is 40.5 Å². The van der Waals surface area contributed by atoms with Crippen LogP contribution in [-0.2, 0) is 13.1 Å². The number of benzene rings is 1. The Balaban J connectivity index is 1.54. The molecule has 1 aromatic carbocycles. The summed E-state index contributed by atoms with van der Waals surface area (Å²) in [6.45, 7) is 5.58. The predicted octanol–water partition coefficient (Wildman–Crippen LogP) is 4.33. The molecule has 5 heterocycles. The highest BCUT2D eigenvalue weighted by atomic mass is 35.5. The van der Waals surface area contributed by atoms with Gasteiger partial charge >= 0.3 is 0 Å². The Morgan fingerprint density at radius 2 is 2.09 bits per heavy atom. The Kier molecular flexibility index (Phi) is 4.48. The minimum Gasteiger partial charge on any atom is -0.422 e. The van der Waals surface area contributed by atoms with Crippen LogP contribution in [0.15, 0.2) is 46.1 Å². The number of pyridine rings is 2. The molecule has 9 nitrogen and oxygen atoms in total. The molecule has 0 fully saturated rings. The Bertz CT molecular complexity index is 1590. The van der Waals surface area contributed by atoms with Crippen LogP contribution in [0.4, 0.5) is 5.69 Å². The highest BCUT2D eigenvalue weighted by molar-refractivity contribution is 6.29. The molecule has 33 heavy (non-hydrogen) atoms. The lowest BCUT2D eigenvalue weighted by Gasteiger charge is -2.22. The minimum atomic E-state index is -0.165. The van der Waals surface area contributed by atoms with Crippen LogP contribution in [0.5, 0.6) is 0 Å². The van der Waals surface area contributed by atoms with Crippen LogP contribution < -0.4 is 10.9 Å². The number of aromatic nitrogens is 6. The van der Waals surface area contributed by atoms with Crippen molar-refractivity contribution in [3.05, 3.63) is 63.5 Å². The van der Waals surface area contributed by atoms with Crippen LogP contribution in [0.25, 0.3) is 33.4 Å². The van der Waals surface area contributed by atoms with E-state index in [4.69, 9.17) is 16.0 Å². The second-order valence-corrected chi connectivity index (χ2v) is 8.72. The molecule has 0 saturated carbocycles. The molecule has 10 heteroatoms. The molecule has 0 aliphatic carbocycles. The highest BCUT2D eigenvalue weighted by Crippen LogP contribution is 2.35. The topological polar surface area (TPSA) is 104 Å². The number of anilines is 1. The number of nitrogens with one attached hydrogen (secondary N) is 1. The third kappa shape index (κ3) is 3.11. The molecule has 1 atom stereocenters. The maximum Gasteiger partial charge on any atom is 0.268 e. The summed E-state index contributed by atoms with van der Waals surface area (Å²) in [7, 11) is 0. The molecule has 5 aromatic rings. The molecule has 1 N–H and O–H groups in total. The molecular formula is C23H20ClN7O2. The summed E-state index contributed by atoms with van der Waals surface area (Å²) in [6.07, 6.45) is 4.02. The van der Waals surface area contributed by atoms with Crippen LogP contribution in [0.3, 0.4) is 0 Å². The first-order chi connectivity index (χ1) is 16.0. The van der Waals surface area contributed by atoms with E-state index >= 15 is 0 Å². The Morgan fingerprint density at radius 1 is 1.21 bits per heavy atom. The molecule has 0 spiro atoms. The number of rotatable bonds is 4. The molecule has 1 aliphatic rings. The maximum absolute atomic E-state index is 13.4. The van der Waals surface area contributed by atoms with Crippen LogP contribution in [0, 0.1) is 6.92 Å². The van der Waals surface area contributed by atoms with Gasteiger partial charge in [0.15, 0.2) is 5.69 Å². The van der Waals surface area contributed by atoms with Gasteiger partial charge in [0.1, 0.15) is 10.8 Å². The quantitative estimate of drug-likeness (QED) is 0.397. The number of nitrogens with zero attached hydrogens (tertiary/aromatic N) is 6. The Labute approximate surface area is 193 Å². The highest BCUT2D eigenvalue weighted by Gasteiger charge is 2.23. The lowest BCUT2D eigenvalue weighted by molar-refractivity contribution is 0.485. The third-order valence-corrected chi connectivity index (χ3v) is 6.35. The monoisotopic (exact) mass is 461 g/mol. The molecule has 166 valence electrons. The van der Waals surface area contributed by atoms with Crippen molar-refractivity contribution < 1.29 is 4.42 Å². The fourth-order valence-electron chi connectivity index (χ4n) is 4.76. The van der Waals surface area contributed by atoms with E-state index in [1.807, 2.05) is 41.4 Å². The van der Waals surface area contributed by atoms with Crippen molar-refractivity contribution in [1.82, 2.24) is 29.5 Å². The van der Waals surface area contributed by atoms with Gasteiger partial charge in [0, 0.05) is 35.3 Å². The average Bonchev–Trinajstić information content (AvgIpc) is 3.49. The van der Waals surface area contributed by atoms with Gasteiger partial charge in [-0.05, 0) is 49.6 Å². The standard InChI is InChI=1S/C23H20ClN7O2/c1-12-8-14(13(2)27-17-4-5-18(24)28-20(17)21-29-25-11-33-21)19-15(9-12)23(32)30-6-3-7-31-22(30)16(19)10-26-31/h4-5,8-11,13,27H,3,6-7H2,1-2H3. The molecule has 1 unspecified atom stereocenters. The Morgan fingerprint density at radius 3 is 2.91 bits per heavy atom. The molecular weight excluding hydrogens is 442 g/mol. The molecule has 0 radical (unpaired) electrons. The average molecular weight is 462 g/mol. The van der Waals surface area contributed by atoms with Crippen molar-refractivity contribution in [2.75, 3.05) is 5.32 Å². The molecule has 0 saturated heterocycles. The Hall–Kier alpha value is -3.72. The summed E-state index contributed by atoms with van der Waals surface area (Å²) in [5, 5.41) is 18.8. The first kappa shape index (κ1) is 19.9. The van der Waals surface area contributed by atoms with Crippen LogP contribution in [0.1, 0.15) is 30.5 Å². The van der Waals surface area contributed by atoms with Gasteiger partial charge in [-0.3, -0.25) is 9.36 Å². The van der Waals surface area contributed by atoms with E-state index in [0.29, 0.717) is 28.5 Å². The van der Waals surface area contributed by atoms with Crippen molar-refractivity contribution >= 4 is 39.1 Å². The van der Waals surface area contributed by atoms with E-state index in [2.05, 4.69) is 31.7 Å². The van der Waals surface area contributed by atoms with Gasteiger partial charge in [-0.1, -0.05) is 17.7 Å². The van der Waals surface area contributed by atoms with Gasteiger partial charge in [0.25, 0.3) is 11.4 Å². The summed E-state index contributed by atoms with van der Waals surface area (Å²) in [5.41, 5.74) is 4.10. The van der Waals surface area contributed by atoms with Gasteiger partial charge in [-0.15, -0.1) is 10.2 Å². The van der Waals surface area contributed by atoms with E-state index in [1.165, 1.54) is 6.39 Å². The van der Waals surface area contributed by atoms with Gasteiger partial charge in [-0.2, -0.15) is 5.10 Å². The van der Waals surface area contributed by atoms with Crippen LogP contribution >= 0.6 is 11.6 Å². The molecule has 0 amide bonds. The molecule has 0 bridgehead atoms. The number of halogens is 1. The second-order valence-electron chi connectivity index (χ2n) is 8.33. The summed E-state index contributed by atoms with van der Waals surface area (Å²) < 4.78 is 9.14. The van der Waals surface area contributed by atoms with Crippen molar-refractivity contribution in [2.45, 2.75) is 39.4 Å². The van der Waals surface area contributed by atoms with Crippen LogP contribution in [-0.4, -0.2) is 29.5 Å². The summed E-state index contributed by atoms with van der Waals surface area (Å²) >= 11 is 6.13. The predicted molar refractivity (Wildman–Crippen MR) is 125 cm³/mol. The van der Waals surface area contributed by atoms with Gasteiger partial charge in [0.2, 0.25) is 6.39 Å². The summed E-state index contributed by atoms with van der Waals surface area (Å²) in [4.78, 5) is 17.8. The molecule has 4 aromatic heterocycles. The SMILES string of the molecule is Cc1cc(C(C)Nc2ccc(Cl)nc2-c2nnco2)c2c(c1)c(=O)n1c3c2cnn3CCC1. The first-order valence-corrected chi connectivity index (χ1v) is 11.1. The van der Waals surface area contributed by atoms with Gasteiger partial charge < -0.3 is 9.73 Å². The lowest BCUT2D eigenvalue weighted by Crippen LogP contribution is -2.27. The number of hydrogen-bond donors (Lipinski definition) is 1. The van der Waals surface area contributed by atoms with Crippen molar-refractivity contribution in [1.29, 1.82) is 0 Å². The normalized spacial score (nSPS) is 14.2. The number of aryl methyl sites for hydroxylation is 3. The van der Waals surface area contributed by atoms with Gasteiger partial charge in [-0.25, -0.2) is 9.67 Å². The maximum atomic E-state index is 13.4.